The van der Waals surface area contributed by atoms with Crippen molar-refractivity contribution in [2.45, 2.75) is 0 Å². The van der Waals surface area contributed by atoms with Crippen molar-refractivity contribution in [1.82, 2.24) is 9.97 Å². The molecule has 0 aliphatic carbocycles. The van der Waals surface area contributed by atoms with Crippen LogP contribution < -0.4 is 11.5 Å². The van der Waals surface area contributed by atoms with Crippen LogP contribution in [-0.4, -0.2) is 9.97 Å². The van der Waals surface area contributed by atoms with E-state index in [2.05, 4.69) is 9.97 Å². The Balaban J connectivity index is 2.53. The lowest BCUT2D eigenvalue weighted by Crippen LogP contribution is -1.95. The van der Waals surface area contributed by atoms with Gasteiger partial charge >= 0.3 is 0 Å². The maximum atomic E-state index is 13.3. The summed E-state index contributed by atoms with van der Waals surface area (Å²) in [7, 11) is 0. The number of nitrogen functional groups attached to an aromatic ring is 2. The molecule has 0 aliphatic rings. The predicted molar refractivity (Wildman–Crippen MR) is 56.3 cm³/mol. The molecular weight excluding hydrogens is 195 g/mol. The van der Waals surface area contributed by atoms with Gasteiger partial charge in [0.15, 0.2) is 0 Å². The molecule has 0 aromatic carbocycles. The summed E-state index contributed by atoms with van der Waals surface area (Å²) in [5, 5.41) is 0. The maximum absolute atomic E-state index is 13.3. The number of hydrogen-bond acceptors (Lipinski definition) is 4. The van der Waals surface area contributed by atoms with E-state index < -0.39 is 5.95 Å². The molecule has 0 spiro atoms. The van der Waals surface area contributed by atoms with Gasteiger partial charge in [-0.05, 0) is 18.2 Å². The number of hydrogen-bond donors (Lipinski definition) is 2. The zero-order valence-corrected chi connectivity index (χ0v) is 7.81. The normalized spacial score (nSPS) is 10.2. The zero-order valence-electron chi connectivity index (χ0n) is 7.81. The average Bonchev–Trinajstić information content (AvgIpc) is 2.23. The Morgan fingerprint density at radius 1 is 1.00 bits per heavy atom. The van der Waals surface area contributed by atoms with Crippen LogP contribution in [0.5, 0.6) is 0 Å². The van der Waals surface area contributed by atoms with Gasteiger partial charge in [0.05, 0.1) is 35.0 Å². The van der Waals surface area contributed by atoms with Crippen LogP contribution in [0.15, 0.2) is 30.6 Å². The summed E-state index contributed by atoms with van der Waals surface area (Å²) < 4.78 is 13.3. The maximum Gasteiger partial charge on any atom is 0.222 e. The van der Waals surface area contributed by atoms with Crippen LogP contribution in [0, 0.1) is 5.95 Å². The topological polar surface area (TPSA) is 77.8 Å². The molecule has 0 amide bonds. The Morgan fingerprint density at radius 2 is 1.73 bits per heavy atom. The van der Waals surface area contributed by atoms with E-state index in [0.717, 1.165) is 0 Å². The highest BCUT2D eigenvalue weighted by Gasteiger charge is 2.07. The molecule has 0 saturated heterocycles. The van der Waals surface area contributed by atoms with Crippen molar-refractivity contribution in [2.75, 3.05) is 11.5 Å². The highest BCUT2D eigenvalue weighted by molar-refractivity contribution is 5.63. The van der Waals surface area contributed by atoms with Crippen LogP contribution >= 0.6 is 0 Å². The van der Waals surface area contributed by atoms with Gasteiger partial charge in [0, 0.05) is 0 Å². The van der Waals surface area contributed by atoms with Gasteiger partial charge in [0.1, 0.15) is 0 Å². The summed E-state index contributed by atoms with van der Waals surface area (Å²) in [4.78, 5) is 7.50. The first kappa shape index (κ1) is 9.39. The summed E-state index contributed by atoms with van der Waals surface area (Å²) in [5.74, 6) is -0.596. The fourth-order valence-electron chi connectivity index (χ4n) is 1.21. The molecule has 0 bridgehead atoms. The molecule has 2 aromatic rings. The first-order valence-corrected chi connectivity index (χ1v) is 4.30. The Bertz CT molecular complexity index is 481. The SMILES string of the molecule is Nc1ccc(-c2cc(N)cnc2F)nc1. The largest absolute Gasteiger partial charge is 0.397 e. The molecule has 2 rings (SSSR count). The third-order valence-corrected chi connectivity index (χ3v) is 1.92. The van der Waals surface area contributed by atoms with E-state index in [1.165, 1.54) is 18.5 Å². The summed E-state index contributed by atoms with van der Waals surface area (Å²) in [6, 6.07) is 4.75. The van der Waals surface area contributed by atoms with Gasteiger partial charge in [-0.1, -0.05) is 0 Å². The van der Waals surface area contributed by atoms with Crippen molar-refractivity contribution in [3.63, 3.8) is 0 Å². The summed E-state index contributed by atoms with van der Waals surface area (Å²) in [5.41, 5.74) is 12.6. The third kappa shape index (κ3) is 1.85. The lowest BCUT2D eigenvalue weighted by Gasteiger charge is -2.03. The van der Waals surface area contributed by atoms with Gasteiger partial charge in [0.2, 0.25) is 5.95 Å². The van der Waals surface area contributed by atoms with Crippen LogP contribution in [0.3, 0.4) is 0 Å². The van der Waals surface area contributed by atoms with Gasteiger partial charge in [-0.25, -0.2) is 4.98 Å². The lowest BCUT2D eigenvalue weighted by atomic mass is 10.1. The molecular formula is C10H9FN4. The standard InChI is InChI=1S/C10H9FN4/c11-10-8(3-7(13)5-15-10)9-2-1-6(12)4-14-9/h1-5H,12-13H2. The van der Waals surface area contributed by atoms with Crippen molar-refractivity contribution in [3.05, 3.63) is 36.5 Å². The van der Waals surface area contributed by atoms with Gasteiger partial charge in [-0.3, -0.25) is 4.98 Å². The van der Waals surface area contributed by atoms with Crippen LogP contribution in [0.25, 0.3) is 11.3 Å². The Morgan fingerprint density at radius 3 is 2.40 bits per heavy atom. The number of pyridine rings is 2. The van der Waals surface area contributed by atoms with E-state index in [9.17, 15) is 4.39 Å². The number of nitrogens with zero attached hydrogens (tertiary/aromatic N) is 2. The molecule has 0 saturated carbocycles. The van der Waals surface area contributed by atoms with E-state index in [0.29, 0.717) is 17.1 Å². The van der Waals surface area contributed by atoms with Crippen molar-refractivity contribution >= 4 is 11.4 Å². The number of anilines is 2. The monoisotopic (exact) mass is 204 g/mol. The molecule has 4 N–H and O–H groups in total. The molecule has 0 radical (unpaired) electrons. The van der Waals surface area contributed by atoms with Gasteiger partial charge in [0.25, 0.3) is 0 Å². The second-order valence-corrected chi connectivity index (χ2v) is 3.08. The highest BCUT2D eigenvalue weighted by Crippen LogP contribution is 2.21. The zero-order chi connectivity index (χ0) is 10.8. The predicted octanol–water partition coefficient (Wildman–Crippen LogP) is 1.45. The Labute approximate surface area is 85.8 Å². The molecule has 5 heteroatoms. The Hall–Kier alpha value is -2.17. The van der Waals surface area contributed by atoms with E-state index in [1.54, 1.807) is 12.1 Å². The van der Waals surface area contributed by atoms with Crippen molar-refractivity contribution in [3.8, 4) is 11.3 Å². The molecule has 4 nitrogen and oxygen atoms in total. The van der Waals surface area contributed by atoms with E-state index in [1.807, 2.05) is 0 Å². The molecule has 0 fully saturated rings. The smallest absolute Gasteiger partial charge is 0.222 e. The fourth-order valence-corrected chi connectivity index (χ4v) is 1.21. The second kappa shape index (κ2) is 3.53. The van der Waals surface area contributed by atoms with E-state index in [-0.39, 0.29) is 5.56 Å². The van der Waals surface area contributed by atoms with Gasteiger partial charge < -0.3 is 11.5 Å². The quantitative estimate of drug-likeness (QED) is 0.689. The molecule has 2 heterocycles. The van der Waals surface area contributed by atoms with Crippen molar-refractivity contribution in [2.24, 2.45) is 0 Å². The minimum Gasteiger partial charge on any atom is -0.397 e. The van der Waals surface area contributed by atoms with Gasteiger partial charge in [-0.2, -0.15) is 4.39 Å². The third-order valence-electron chi connectivity index (χ3n) is 1.92. The molecule has 76 valence electrons. The number of rotatable bonds is 1. The second-order valence-electron chi connectivity index (χ2n) is 3.08. The van der Waals surface area contributed by atoms with Crippen LogP contribution in [0.2, 0.25) is 0 Å². The number of halogens is 1. The minimum absolute atomic E-state index is 0.273. The van der Waals surface area contributed by atoms with E-state index in [4.69, 9.17) is 11.5 Å². The number of aromatic nitrogens is 2. The summed E-state index contributed by atoms with van der Waals surface area (Å²) in [6.45, 7) is 0. The van der Waals surface area contributed by atoms with Crippen molar-refractivity contribution < 1.29 is 4.39 Å². The molecule has 15 heavy (non-hydrogen) atoms. The molecule has 0 aliphatic heterocycles. The fraction of sp³-hybridized carbons (Fsp3) is 0. The summed E-state index contributed by atoms with van der Waals surface area (Å²) >= 11 is 0. The molecule has 2 aromatic heterocycles. The van der Waals surface area contributed by atoms with Crippen molar-refractivity contribution in [1.29, 1.82) is 0 Å². The summed E-state index contributed by atoms with van der Waals surface area (Å²) in [6.07, 6.45) is 2.72. The Kier molecular flexibility index (Phi) is 2.21. The van der Waals surface area contributed by atoms with Gasteiger partial charge in [-0.15, -0.1) is 0 Å². The first-order chi connectivity index (χ1) is 7.16. The van der Waals surface area contributed by atoms with Crippen LogP contribution in [0.4, 0.5) is 15.8 Å². The highest BCUT2D eigenvalue weighted by atomic mass is 19.1. The average molecular weight is 204 g/mol. The number of nitrogens with two attached hydrogens (primary N) is 2. The molecule has 0 atom stereocenters. The van der Waals surface area contributed by atoms with Crippen LogP contribution in [-0.2, 0) is 0 Å². The van der Waals surface area contributed by atoms with E-state index >= 15 is 0 Å². The first-order valence-electron chi connectivity index (χ1n) is 4.30. The lowest BCUT2D eigenvalue weighted by molar-refractivity contribution is 0.587. The minimum atomic E-state index is -0.596. The molecule has 0 unspecified atom stereocenters. The van der Waals surface area contributed by atoms with Crippen LogP contribution in [0.1, 0.15) is 0 Å².